The first-order valence-corrected chi connectivity index (χ1v) is 11.6. The van der Waals surface area contributed by atoms with E-state index in [2.05, 4.69) is 5.32 Å². The Bertz CT molecular complexity index is 739. The first kappa shape index (κ1) is 20.3. The lowest BCUT2D eigenvalue weighted by molar-refractivity contribution is 0.0648. The maximum atomic E-state index is 13.3. The Hall–Kier alpha value is -1.44. The minimum atomic E-state index is -3.34. The van der Waals surface area contributed by atoms with Crippen LogP contribution in [0.2, 0.25) is 0 Å². The van der Waals surface area contributed by atoms with Gasteiger partial charge < -0.3 is 10.2 Å². The van der Waals surface area contributed by atoms with Gasteiger partial charge in [0, 0.05) is 44.3 Å². The molecular weight excluding hydrogens is 362 g/mol. The van der Waals surface area contributed by atoms with Crippen molar-refractivity contribution in [2.24, 2.45) is 0 Å². The number of nitrogens with zero attached hydrogens (tertiary/aromatic N) is 2. The summed E-state index contributed by atoms with van der Waals surface area (Å²) in [5.41, 5.74) is 1.62. The van der Waals surface area contributed by atoms with E-state index in [-0.39, 0.29) is 24.2 Å². The number of amides is 1. The molecule has 1 N–H and O–H groups in total. The standard InChI is InChI=1S/C20H31N3O3S/c1-17-7-5-6-10-19(17)20(24)23(18-8-3-2-4-9-18)15-16-27(25,26)22-13-11-21-12-14-22/h5-7,10,18,21H,2-4,8-9,11-16H2,1H3. The van der Waals surface area contributed by atoms with E-state index in [9.17, 15) is 13.2 Å². The van der Waals surface area contributed by atoms with E-state index < -0.39 is 10.0 Å². The van der Waals surface area contributed by atoms with Crippen LogP contribution in [0.15, 0.2) is 24.3 Å². The van der Waals surface area contributed by atoms with Gasteiger partial charge >= 0.3 is 0 Å². The van der Waals surface area contributed by atoms with E-state index in [0.717, 1.165) is 31.2 Å². The molecule has 3 rings (SSSR count). The average molecular weight is 394 g/mol. The van der Waals surface area contributed by atoms with Gasteiger partial charge in [-0.3, -0.25) is 4.79 Å². The van der Waals surface area contributed by atoms with E-state index in [0.29, 0.717) is 31.7 Å². The van der Waals surface area contributed by atoms with Crippen LogP contribution in [0.4, 0.5) is 0 Å². The first-order valence-electron chi connectivity index (χ1n) is 10.0. The van der Waals surface area contributed by atoms with Crippen LogP contribution in [0.3, 0.4) is 0 Å². The highest BCUT2D eigenvalue weighted by Gasteiger charge is 2.30. The normalized spacial score (nSPS) is 19.7. The number of carbonyl (C=O) groups excluding carboxylic acids is 1. The first-order chi connectivity index (χ1) is 13.0. The molecule has 0 spiro atoms. The highest BCUT2D eigenvalue weighted by Crippen LogP contribution is 2.25. The number of hydrogen-bond acceptors (Lipinski definition) is 4. The van der Waals surface area contributed by atoms with Gasteiger partial charge in [-0.2, -0.15) is 4.31 Å². The number of aryl methyl sites for hydroxylation is 1. The quantitative estimate of drug-likeness (QED) is 0.803. The largest absolute Gasteiger partial charge is 0.335 e. The molecule has 0 unspecified atom stereocenters. The molecular formula is C20H31N3O3S. The smallest absolute Gasteiger partial charge is 0.254 e. The van der Waals surface area contributed by atoms with Crippen molar-refractivity contribution in [3.8, 4) is 0 Å². The Balaban J connectivity index is 1.75. The maximum absolute atomic E-state index is 13.3. The molecule has 0 radical (unpaired) electrons. The number of benzene rings is 1. The van der Waals surface area contributed by atoms with Crippen molar-refractivity contribution in [1.29, 1.82) is 0 Å². The molecule has 1 aliphatic heterocycles. The lowest BCUT2D eigenvalue weighted by Gasteiger charge is -2.35. The van der Waals surface area contributed by atoms with Crippen LogP contribution in [-0.4, -0.2) is 68.0 Å². The van der Waals surface area contributed by atoms with Crippen LogP contribution >= 0.6 is 0 Å². The minimum Gasteiger partial charge on any atom is -0.335 e. The summed E-state index contributed by atoms with van der Waals surface area (Å²) in [4.78, 5) is 15.1. The molecule has 1 aromatic rings. The Morgan fingerprint density at radius 3 is 2.48 bits per heavy atom. The second-order valence-corrected chi connectivity index (χ2v) is 9.66. The van der Waals surface area contributed by atoms with Gasteiger partial charge in [-0.25, -0.2) is 8.42 Å². The van der Waals surface area contributed by atoms with Gasteiger partial charge in [0.2, 0.25) is 10.0 Å². The number of sulfonamides is 1. The predicted molar refractivity (Wildman–Crippen MR) is 107 cm³/mol. The zero-order chi connectivity index (χ0) is 19.3. The molecule has 6 nitrogen and oxygen atoms in total. The molecule has 0 atom stereocenters. The molecule has 1 amide bonds. The average Bonchev–Trinajstić information content (AvgIpc) is 2.70. The molecule has 1 aliphatic carbocycles. The minimum absolute atomic E-state index is 0.00111. The van der Waals surface area contributed by atoms with Gasteiger partial charge in [-0.1, -0.05) is 37.5 Å². The topological polar surface area (TPSA) is 69.7 Å². The molecule has 0 bridgehead atoms. The summed E-state index contributed by atoms with van der Waals surface area (Å²) in [5, 5.41) is 3.18. The van der Waals surface area contributed by atoms with Crippen molar-refractivity contribution in [2.75, 3.05) is 38.5 Å². The zero-order valence-electron chi connectivity index (χ0n) is 16.2. The SMILES string of the molecule is Cc1ccccc1C(=O)N(CCS(=O)(=O)N1CCNCC1)C1CCCCC1. The Morgan fingerprint density at radius 2 is 1.81 bits per heavy atom. The van der Waals surface area contributed by atoms with Crippen molar-refractivity contribution in [3.63, 3.8) is 0 Å². The third-order valence-corrected chi connectivity index (χ3v) is 7.56. The van der Waals surface area contributed by atoms with Crippen molar-refractivity contribution >= 4 is 15.9 Å². The Kier molecular flexibility index (Phi) is 6.89. The van der Waals surface area contributed by atoms with E-state index in [1.165, 1.54) is 6.42 Å². The van der Waals surface area contributed by atoms with Crippen LogP contribution in [-0.2, 0) is 10.0 Å². The van der Waals surface area contributed by atoms with Crippen LogP contribution in [0, 0.1) is 6.92 Å². The third-order valence-electron chi connectivity index (χ3n) is 5.71. The van der Waals surface area contributed by atoms with Crippen molar-refractivity contribution < 1.29 is 13.2 Å². The molecule has 0 aromatic heterocycles. The van der Waals surface area contributed by atoms with E-state index >= 15 is 0 Å². The van der Waals surface area contributed by atoms with Crippen LogP contribution in [0.25, 0.3) is 0 Å². The summed E-state index contributed by atoms with van der Waals surface area (Å²) in [6, 6.07) is 7.72. The van der Waals surface area contributed by atoms with Gasteiger partial charge in [0.05, 0.1) is 5.75 Å². The highest BCUT2D eigenvalue weighted by atomic mass is 32.2. The molecule has 150 valence electrons. The number of nitrogens with one attached hydrogen (secondary N) is 1. The molecule has 2 aliphatic rings. The number of hydrogen-bond donors (Lipinski definition) is 1. The number of rotatable bonds is 6. The van der Waals surface area contributed by atoms with Gasteiger partial charge in [-0.15, -0.1) is 0 Å². The predicted octanol–water partition coefficient (Wildman–Crippen LogP) is 2.00. The second-order valence-electron chi connectivity index (χ2n) is 7.57. The molecule has 7 heteroatoms. The lowest BCUT2D eigenvalue weighted by Crippen LogP contribution is -2.50. The molecule has 1 heterocycles. The van der Waals surface area contributed by atoms with Gasteiger partial charge in [0.25, 0.3) is 5.91 Å². The van der Waals surface area contributed by atoms with Gasteiger partial charge in [0.15, 0.2) is 0 Å². The lowest BCUT2D eigenvalue weighted by atomic mass is 9.93. The van der Waals surface area contributed by atoms with E-state index in [1.54, 1.807) is 4.31 Å². The fourth-order valence-corrected chi connectivity index (χ4v) is 5.50. The maximum Gasteiger partial charge on any atom is 0.254 e. The summed E-state index contributed by atoms with van der Waals surface area (Å²) in [5.74, 6) is -0.0308. The molecule has 27 heavy (non-hydrogen) atoms. The second kappa shape index (κ2) is 9.17. The van der Waals surface area contributed by atoms with Crippen LogP contribution < -0.4 is 5.32 Å². The van der Waals surface area contributed by atoms with Crippen LogP contribution in [0.1, 0.15) is 48.0 Å². The summed E-state index contributed by atoms with van der Waals surface area (Å²) >= 11 is 0. The molecule has 1 saturated carbocycles. The summed E-state index contributed by atoms with van der Waals surface area (Å²) < 4.78 is 27.1. The third kappa shape index (κ3) is 5.09. The summed E-state index contributed by atoms with van der Waals surface area (Å²) in [6.07, 6.45) is 5.33. The van der Waals surface area contributed by atoms with Crippen molar-refractivity contribution in [1.82, 2.24) is 14.5 Å². The molecule has 2 fully saturated rings. The van der Waals surface area contributed by atoms with Crippen molar-refractivity contribution in [3.05, 3.63) is 35.4 Å². The fourth-order valence-electron chi connectivity index (χ4n) is 4.08. The fraction of sp³-hybridized carbons (Fsp3) is 0.650. The summed E-state index contributed by atoms with van der Waals surface area (Å²) in [6.45, 7) is 4.60. The van der Waals surface area contributed by atoms with Gasteiger partial charge in [0.1, 0.15) is 0 Å². The number of carbonyl (C=O) groups is 1. The molecule has 1 aromatic carbocycles. The van der Waals surface area contributed by atoms with Crippen LogP contribution in [0.5, 0.6) is 0 Å². The monoisotopic (exact) mass is 393 g/mol. The highest BCUT2D eigenvalue weighted by molar-refractivity contribution is 7.89. The Labute approximate surface area is 163 Å². The Morgan fingerprint density at radius 1 is 1.15 bits per heavy atom. The van der Waals surface area contributed by atoms with Crippen molar-refractivity contribution in [2.45, 2.75) is 45.1 Å². The van der Waals surface area contributed by atoms with E-state index in [4.69, 9.17) is 0 Å². The van der Waals surface area contributed by atoms with E-state index in [1.807, 2.05) is 36.1 Å². The number of piperazine rings is 1. The zero-order valence-corrected chi connectivity index (χ0v) is 17.0. The van der Waals surface area contributed by atoms with Gasteiger partial charge in [-0.05, 0) is 31.4 Å². The molecule has 1 saturated heterocycles. The summed E-state index contributed by atoms with van der Waals surface area (Å²) in [7, 11) is -3.34.